The van der Waals surface area contributed by atoms with E-state index < -0.39 is 0 Å². The van der Waals surface area contributed by atoms with Crippen molar-refractivity contribution in [1.29, 1.82) is 0 Å². The molecule has 5 heteroatoms. The molecule has 1 aromatic rings. The first-order chi connectivity index (χ1) is 6.84. The van der Waals surface area contributed by atoms with Crippen LogP contribution < -0.4 is 11.1 Å². The number of nitrogens with zero attached hydrogens (tertiary/aromatic N) is 2. The van der Waals surface area contributed by atoms with E-state index in [0.29, 0.717) is 11.9 Å². The van der Waals surface area contributed by atoms with Crippen molar-refractivity contribution in [2.24, 2.45) is 0 Å². The van der Waals surface area contributed by atoms with Crippen molar-refractivity contribution in [3.63, 3.8) is 0 Å². The van der Waals surface area contributed by atoms with Gasteiger partial charge in [-0.15, -0.1) is 10.2 Å². The third-order valence-corrected chi connectivity index (χ3v) is 3.31. The van der Waals surface area contributed by atoms with Gasteiger partial charge in [-0.25, -0.2) is 0 Å². The molecule has 0 atom stereocenters. The maximum atomic E-state index is 5.46. The molecule has 0 unspecified atom stereocenters. The van der Waals surface area contributed by atoms with Gasteiger partial charge in [0.1, 0.15) is 11.6 Å². The topological polar surface area (TPSA) is 63.8 Å². The van der Waals surface area contributed by atoms with E-state index in [1.807, 2.05) is 17.8 Å². The van der Waals surface area contributed by atoms with Crippen LogP contribution in [-0.2, 0) is 0 Å². The smallest absolute Gasteiger partial charge is 0.149 e. The molecule has 2 rings (SSSR count). The van der Waals surface area contributed by atoms with Crippen LogP contribution in [0.4, 0.5) is 11.6 Å². The molecular formula is C9H14N4S. The number of hydrogen-bond acceptors (Lipinski definition) is 5. The van der Waals surface area contributed by atoms with Crippen LogP contribution in [0.1, 0.15) is 12.8 Å². The van der Waals surface area contributed by atoms with Crippen molar-refractivity contribution in [3.05, 3.63) is 12.1 Å². The predicted octanol–water partition coefficient (Wildman–Crippen LogP) is 1.37. The largest absolute Gasteiger partial charge is 0.382 e. The number of rotatable bonds is 2. The van der Waals surface area contributed by atoms with Gasteiger partial charge >= 0.3 is 0 Å². The molecule has 0 radical (unpaired) electrons. The number of nitrogens with two attached hydrogens (primary N) is 1. The molecule has 1 fully saturated rings. The first-order valence-electron chi connectivity index (χ1n) is 4.78. The maximum Gasteiger partial charge on any atom is 0.149 e. The highest BCUT2D eigenvalue weighted by Crippen LogP contribution is 2.19. The van der Waals surface area contributed by atoms with E-state index in [2.05, 4.69) is 15.5 Å². The Morgan fingerprint density at radius 1 is 1.29 bits per heavy atom. The summed E-state index contributed by atoms with van der Waals surface area (Å²) in [5.41, 5.74) is 5.46. The van der Waals surface area contributed by atoms with Gasteiger partial charge in [0, 0.05) is 6.04 Å². The number of nitrogen functional groups attached to an aromatic ring is 1. The number of nitrogens with one attached hydrogen (secondary N) is 1. The van der Waals surface area contributed by atoms with Gasteiger partial charge in [0.25, 0.3) is 0 Å². The van der Waals surface area contributed by atoms with Crippen molar-refractivity contribution in [2.75, 3.05) is 22.6 Å². The summed E-state index contributed by atoms with van der Waals surface area (Å²) in [6.45, 7) is 0. The van der Waals surface area contributed by atoms with E-state index in [9.17, 15) is 0 Å². The van der Waals surface area contributed by atoms with Crippen LogP contribution >= 0.6 is 11.8 Å². The third-order valence-electron chi connectivity index (χ3n) is 2.26. The Balaban J connectivity index is 1.92. The molecule has 76 valence electrons. The van der Waals surface area contributed by atoms with Crippen LogP contribution in [0, 0.1) is 0 Å². The van der Waals surface area contributed by atoms with Crippen molar-refractivity contribution in [2.45, 2.75) is 18.9 Å². The molecule has 2 heterocycles. The average molecular weight is 210 g/mol. The average Bonchev–Trinajstić information content (AvgIpc) is 2.23. The molecule has 1 aliphatic rings. The van der Waals surface area contributed by atoms with E-state index in [1.54, 1.807) is 6.07 Å². The second kappa shape index (κ2) is 4.50. The van der Waals surface area contributed by atoms with E-state index in [-0.39, 0.29) is 0 Å². The number of thioether (sulfide) groups is 1. The molecule has 0 bridgehead atoms. The number of aromatic nitrogens is 2. The Hall–Kier alpha value is -0.970. The molecule has 3 N–H and O–H groups in total. The second-order valence-electron chi connectivity index (χ2n) is 3.37. The summed E-state index contributed by atoms with van der Waals surface area (Å²) in [4.78, 5) is 0. The standard InChI is InChI=1S/C9H14N4S/c10-8-1-2-9(13-12-8)11-7-3-5-14-6-4-7/h1-2,7H,3-6H2,(H2,10,12)(H,11,13). The Bertz CT molecular complexity index is 281. The van der Waals surface area contributed by atoms with Crippen LogP contribution in [0.15, 0.2) is 12.1 Å². The van der Waals surface area contributed by atoms with Gasteiger partial charge in [-0.1, -0.05) is 0 Å². The van der Waals surface area contributed by atoms with Crippen molar-refractivity contribution >= 4 is 23.4 Å². The molecule has 0 aromatic carbocycles. The number of hydrogen-bond donors (Lipinski definition) is 2. The third kappa shape index (κ3) is 2.51. The summed E-state index contributed by atoms with van der Waals surface area (Å²) in [6, 6.07) is 4.20. The minimum Gasteiger partial charge on any atom is -0.382 e. The lowest BCUT2D eigenvalue weighted by Crippen LogP contribution is -2.25. The first-order valence-corrected chi connectivity index (χ1v) is 5.93. The highest BCUT2D eigenvalue weighted by molar-refractivity contribution is 7.99. The maximum absolute atomic E-state index is 5.46. The van der Waals surface area contributed by atoms with Gasteiger partial charge in [0.15, 0.2) is 0 Å². The van der Waals surface area contributed by atoms with Crippen LogP contribution in [0.5, 0.6) is 0 Å². The Labute approximate surface area is 87.7 Å². The lowest BCUT2D eigenvalue weighted by molar-refractivity contribution is 0.662. The molecular weight excluding hydrogens is 196 g/mol. The Morgan fingerprint density at radius 2 is 2.07 bits per heavy atom. The SMILES string of the molecule is Nc1ccc(NC2CCSCC2)nn1. The predicted molar refractivity (Wildman–Crippen MR) is 60.4 cm³/mol. The summed E-state index contributed by atoms with van der Waals surface area (Å²) < 4.78 is 0. The van der Waals surface area contributed by atoms with Crippen LogP contribution in [-0.4, -0.2) is 27.7 Å². The minimum absolute atomic E-state index is 0.467. The van der Waals surface area contributed by atoms with Crippen LogP contribution in [0.25, 0.3) is 0 Å². The summed E-state index contributed by atoms with van der Waals surface area (Å²) in [7, 11) is 0. The monoisotopic (exact) mass is 210 g/mol. The molecule has 0 amide bonds. The molecule has 14 heavy (non-hydrogen) atoms. The molecule has 0 aliphatic carbocycles. The van der Waals surface area contributed by atoms with Gasteiger partial charge in [-0.05, 0) is 36.5 Å². The lowest BCUT2D eigenvalue weighted by atomic mass is 10.1. The van der Waals surface area contributed by atoms with Gasteiger partial charge in [0.05, 0.1) is 0 Å². The van der Waals surface area contributed by atoms with E-state index in [4.69, 9.17) is 5.73 Å². The summed E-state index contributed by atoms with van der Waals surface area (Å²) in [6.07, 6.45) is 2.41. The zero-order chi connectivity index (χ0) is 9.80. The number of anilines is 2. The summed E-state index contributed by atoms with van der Waals surface area (Å²) >= 11 is 2.02. The highest BCUT2D eigenvalue weighted by Gasteiger charge is 2.13. The first kappa shape index (κ1) is 9.58. The van der Waals surface area contributed by atoms with Gasteiger partial charge in [0.2, 0.25) is 0 Å². The fourth-order valence-electron chi connectivity index (χ4n) is 1.47. The lowest BCUT2D eigenvalue weighted by Gasteiger charge is -2.22. The fourth-order valence-corrected chi connectivity index (χ4v) is 2.58. The van der Waals surface area contributed by atoms with Gasteiger partial charge < -0.3 is 11.1 Å². The van der Waals surface area contributed by atoms with Crippen molar-refractivity contribution in [1.82, 2.24) is 10.2 Å². The second-order valence-corrected chi connectivity index (χ2v) is 4.60. The van der Waals surface area contributed by atoms with Gasteiger partial charge in [-0.3, -0.25) is 0 Å². The molecule has 1 saturated heterocycles. The van der Waals surface area contributed by atoms with E-state index in [1.165, 1.54) is 24.3 Å². The van der Waals surface area contributed by atoms with Crippen LogP contribution in [0.3, 0.4) is 0 Å². The molecule has 0 spiro atoms. The quantitative estimate of drug-likeness (QED) is 0.771. The highest BCUT2D eigenvalue weighted by atomic mass is 32.2. The van der Waals surface area contributed by atoms with Crippen molar-refractivity contribution < 1.29 is 0 Å². The Morgan fingerprint density at radius 3 is 2.71 bits per heavy atom. The molecule has 4 nitrogen and oxygen atoms in total. The minimum atomic E-state index is 0.467. The van der Waals surface area contributed by atoms with E-state index in [0.717, 1.165) is 5.82 Å². The van der Waals surface area contributed by atoms with Crippen molar-refractivity contribution in [3.8, 4) is 0 Å². The Kier molecular flexibility index (Phi) is 3.08. The summed E-state index contributed by atoms with van der Waals surface area (Å²) in [5, 5.41) is 11.1. The molecule has 1 aromatic heterocycles. The van der Waals surface area contributed by atoms with Gasteiger partial charge in [-0.2, -0.15) is 11.8 Å². The zero-order valence-electron chi connectivity index (χ0n) is 7.94. The molecule has 1 aliphatic heterocycles. The normalized spacial score (nSPS) is 18.0. The van der Waals surface area contributed by atoms with Crippen LogP contribution in [0.2, 0.25) is 0 Å². The zero-order valence-corrected chi connectivity index (χ0v) is 8.76. The molecule has 0 saturated carbocycles. The van der Waals surface area contributed by atoms with E-state index >= 15 is 0 Å². The summed E-state index contributed by atoms with van der Waals surface area (Å²) in [5.74, 6) is 3.77. The fraction of sp³-hybridized carbons (Fsp3) is 0.556.